The van der Waals surface area contributed by atoms with Gasteiger partial charge in [-0.05, 0) is 48.6 Å². The van der Waals surface area contributed by atoms with Crippen molar-refractivity contribution >= 4 is 28.3 Å². The van der Waals surface area contributed by atoms with E-state index in [9.17, 15) is 14.9 Å². The first-order valence-corrected chi connectivity index (χ1v) is 11.7. The van der Waals surface area contributed by atoms with Crippen LogP contribution < -0.4 is 5.32 Å². The summed E-state index contributed by atoms with van der Waals surface area (Å²) in [6.07, 6.45) is 5.33. The van der Waals surface area contributed by atoms with Gasteiger partial charge in [-0.15, -0.1) is 0 Å². The number of nitro groups is 1. The smallest absolute Gasteiger partial charge is 0.271 e. The van der Waals surface area contributed by atoms with E-state index in [1.807, 2.05) is 53.4 Å². The third kappa shape index (κ3) is 2.65. The maximum absolute atomic E-state index is 14.3. The predicted molar refractivity (Wildman–Crippen MR) is 133 cm³/mol. The van der Waals surface area contributed by atoms with Gasteiger partial charge in [-0.3, -0.25) is 14.9 Å². The molecular formula is C27H25N5O3. The van der Waals surface area contributed by atoms with Gasteiger partial charge in [0.1, 0.15) is 0 Å². The van der Waals surface area contributed by atoms with E-state index in [1.54, 1.807) is 6.07 Å². The summed E-state index contributed by atoms with van der Waals surface area (Å²) >= 11 is 0. The topological polar surface area (TPSA) is 103 Å². The van der Waals surface area contributed by atoms with Crippen molar-refractivity contribution in [1.82, 2.24) is 14.5 Å². The highest BCUT2D eigenvalue weighted by molar-refractivity contribution is 6.03. The van der Waals surface area contributed by atoms with Crippen LogP contribution >= 0.6 is 0 Å². The van der Waals surface area contributed by atoms with E-state index in [4.69, 9.17) is 9.97 Å². The average molecular weight is 468 g/mol. The Morgan fingerprint density at radius 1 is 0.971 bits per heavy atom. The Bertz CT molecular complexity index is 1530. The average Bonchev–Trinajstić information content (AvgIpc) is 3.47. The molecule has 4 aromatic rings. The zero-order valence-electron chi connectivity index (χ0n) is 19.8. The standard InChI is InChI=1S/C27H25N5O3/c1-25(2)26(3)12-13-27(25,23-22(26)28-18-11-10-17(32(34)35)16-20(18)29-23)24(33)30-19-8-4-5-9-21(19)31-14-6-7-15-31/h4-11,14-16H,12-13H2,1-3H3,(H,30,33). The maximum atomic E-state index is 14.3. The van der Waals surface area contributed by atoms with Crippen LogP contribution in [0.2, 0.25) is 0 Å². The van der Waals surface area contributed by atoms with E-state index in [2.05, 4.69) is 26.1 Å². The number of carbonyl (C=O) groups is 1. The number of carbonyl (C=O) groups excluding carboxylic acids is 1. The van der Waals surface area contributed by atoms with Crippen LogP contribution in [0.5, 0.6) is 0 Å². The van der Waals surface area contributed by atoms with Crippen molar-refractivity contribution in [3.05, 3.63) is 88.5 Å². The molecule has 0 radical (unpaired) electrons. The monoisotopic (exact) mass is 467 g/mol. The van der Waals surface area contributed by atoms with Crippen molar-refractivity contribution < 1.29 is 9.72 Å². The number of amides is 1. The zero-order chi connectivity index (χ0) is 24.6. The molecule has 2 unspecified atom stereocenters. The Kier molecular flexibility index (Phi) is 4.28. The van der Waals surface area contributed by atoms with Crippen LogP contribution in [0, 0.1) is 15.5 Å². The molecule has 0 spiro atoms. The van der Waals surface area contributed by atoms with Gasteiger partial charge in [-0.1, -0.05) is 32.9 Å². The molecule has 2 aliphatic rings. The molecule has 176 valence electrons. The highest BCUT2D eigenvalue weighted by Crippen LogP contribution is 2.70. The van der Waals surface area contributed by atoms with Gasteiger partial charge in [0.2, 0.25) is 5.91 Å². The van der Waals surface area contributed by atoms with Crippen molar-refractivity contribution in [2.75, 3.05) is 5.32 Å². The first-order valence-electron chi connectivity index (χ1n) is 11.7. The molecule has 1 fully saturated rings. The molecule has 6 rings (SSSR count). The number of nitrogens with one attached hydrogen (secondary N) is 1. The van der Waals surface area contributed by atoms with Gasteiger partial charge >= 0.3 is 0 Å². The van der Waals surface area contributed by atoms with E-state index < -0.39 is 15.8 Å². The second kappa shape index (κ2) is 6.97. The van der Waals surface area contributed by atoms with Crippen LogP contribution in [0.4, 0.5) is 11.4 Å². The van der Waals surface area contributed by atoms with Crippen LogP contribution in [0.3, 0.4) is 0 Å². The highest BCUT2D eigenvalue weighted by atomic mass is 16.6. The van der Waals surface area contributed by atoms with Crippen molar-refractivity contribution in [3.63, 3.8) is 0 Å². The fraction of sp³-hybridized carbons (Fsp3) is 0.296. The van der Waals surface area contributed by atoms with Gasteiger partial charge in [0.15, 0.2) is 0 Å². The van der Waals surface area contributed by atoms with Crippen LogP contribution in [-0.2, 0) is 15.6 Å². The van der Waals surface area contributed by atoms with Gasteiger partial charge in [-0.2, -0.15) is 0 Å². The number of para-hydroxylation sites is 2. The number of fused-ring (bicyclic) bond motifs is 6. The predicted octanol–water partition coefficient (Wildman–Crippen LogP) is 5.30. The lowest BCUT2D eigenvalue weighted by Crippen LogP contribution is -2.48. The minimum atomic E-state index is -0.910. The van der Waals surface area contributed by atoms with Crippen molar-refractivity contribution in [2.24, 2.45) is 5.41 Å². The van der Waals surface area contributed by atoms with Crippen molar-refractivity contribution in [1.29, 1.82) is 0 Å². The molecule has 1 saturated carbocycles. The zero-order valence-corrected chi connectivity index (χ0v) is 19.8. The van der Waals surface area contributed by atoms with Crippen LogP contribution in [-0.4, -0.2) is 25.4 Å². The molecule has 2 atom stereocenters. The molecular weight excluding hydrogens is 442 g/mol. The summed E-state index contributed by atoms with van der Waals surface area (Å²) in [4.78, 5) is 35.0. The fourth-order valence-corrected chi connectivity index (χ4v) is 6.23. The summed E-state index contributed by atoms with van der Waals surface area (Å²) in [6, 6.07) is 16.1. The van der Waals surface area contributed by atoms with Crippen molar-refractivity contribution in [2.45, 2.75) is 44.4 Å². The molecule has 8 nitrogen and oxygen atoms in total. The van der Waals surface area contributed by atoms with Gasteiger partial charge in [-0.25, -0.2) is 9.97 Å². The Balaban J connectivity index is 1.51. The van der Waals surface area contributed by atoms with E-state index in [0.717, 1.165) is 17.8 Å². The molecule has 2 heterocycles. The molecule has 0 aliphatic heterocycles. The van der Waals surface area contributed by atoms with Gasteiger partial charge in [0, 0.05) is 29.9 Å². The van der Waals surface area contributed by atoms with E-state index in [-0.39, 0.29) is 17.0 Å². The summed E-state index contributed by atoms with van der Waals surface area (Å²) in [5, 5.41) is 14.6. The number of non-ortho nitro benzene ring substituents is 1. The van der Waals surface area contributed by atoms with Crippen LogP contribution in [0.15, 0.2) is 67.0 Å². The second-order valence-electron chi connectivity index (χ2n) is 10.3. The molecule has 2 bridgehead atoms. The molecule has 2 aromatic carbocycles. The van der Waals surface area contributed by atoms with Crippen molar-refractivity contribution in [3.8, 4) is 5.69 Å². The van der Waals surface area contributed by atoms with Crippen LogP contribution in [0.1, 0.15) is 45.0 Å². The SMILES string of the molecule is CC12CCC(C(=O)Nc3ccccc3-n3cccc3)(c3nc4cc([N+](=O)[O-])ccc4nc31)C2(C)C. The molecule has 2 aromatic heterocycles. The summed E-state index contributed by atoms with van der Waals surface area (Å²) in [5.41, 5.74) is 2.33. The highest BCUT2D eigenvalue weighted by Gasteiger charge is 2.73. The minimum absolute atomic E-state index is 0.0421. The summed E-state index contributed by atoms with van der Waals surface area (Å²) in [5.74, 6) is -0.122. The fourth-order valence-electron chi connectivity index (χ4n) is 6.23. The first kappa shape index (κ1) is 21.5. The van der Waals surface area contributed by atoms with E-state index in [1.165, 1.54) is 12.1 Å². The third-order valence-corrected chi connectivity index (χ3v) is 8.65. The lowest BCUT2D eigenvalue weighted by Gasteiger charge is -2.39. The normalized spacial score (nSPS) is 23.9. The van der Waals surface area contributed by atoms with E-state index in [0.29, 0.717) is 28.8 Å². The number of anilines is 1. The molecule has 2 aliphatic carbocycles. The number of nitrogens with zero attached hydrogens (tertiary/aromatic N) is 4. The second-order valence-corrected chi connectivity index (χ2v) is 10.3. The first-order chi connectivity index (χ1) is 16.7. The molecule has 8 heteroatoms. The number of aromatic nitrogens is 3. The quantitative estimate of drug-likeness (QED) is 0.324. The maximum Gasteiger partial charge on any atom is 0.271 e. The Morgan fingerprint density at radius 2 is 1.69 bits per heavy atom. The Hall–Kier alpha value is -4.07. The Morgan fingerprint density at radius 3 is 2.43 bits per heavy atom. The molecule has 0 saturated heterocycles. The summed E-state index contributed by atoms with van der Waals surface area (Å²) < 4.78 is 1.96. The number of rotatable bonds is 4. The molecule has 1 amide bonds. The summed E-state index contributed by atoms with van der Waals surface area (Å²) in [7, 11) is 0. The number of nitro benzene ring substituents is 1. The summed E-state index contributed by atoms with van der Waals surface area (Å²) in [6.45, 7) is 6.40. The largest absolute Gasteiger partial charge is 0.323 e. The number of hydrogen-bond donors (Lipinski definition) is 1. The lowest BCUT2D eigenvalue weighted by atomic mass is 9.63. The number of benzene rings is 2. The third-order valence-electron chi connectivity index (χ3n) is 8.65. The molecule has 35 heavy (non-hydrogen) atoms. The van der Waals surface area contributed by atoms with Crippen LogP contribution in [0.25, 0.3) is 16.7 Å². The van der Waals surface area contributed by atoms with E-state index >= 15 is 0 Å². The van der Waals surface area contributed by atoms with Gasteiger partial charge in [0.05, 0.1) is 44.1 Å². The number of hydrogen-bond acceptors (Lipinski definition) is 5. The molecule has 1 N–H and O–H groups in total. The lowest BCUT2D eigenvalue weighted by molar-refractivity contribution is -0.384. The minimum Gasteiger partial charge on any atom is -0.323 e. The van der Waals surface area contributed by atoms with Gasteiger partial charge in [0.25, 0.3) is 5.69 Å². The Labute approximate surface area is 202 Å². The van der Waals surface area contributed by atoms with Gasteiger partial charge < -0.3 is 9.88 Å².